The summed E-state index contributed by atoms with van der Waals surface area (Å²) < 4.78 is 42.8. The molecule has 0 aromatic heterocycles. The van der Waals surface area contributed by atoms with Gasteiger partial charge in [-0.3, -0.25) is 4.21 Å². The Kier molecular flexibility index (Phi) is 2.35. The lowest BCUT2D eigenvalue weighted by Crippen LogP contribution is -2.34. The Labute approximate surface area is 74.6 Å². The van der Waals surface area contributed by atoms with Crippen molar-refractivity contribution < 1.29 is 17.2 Å². The van der Waals surface area contributed by atoms with Gasteiger partial charge in [0.15, 0.2) is 9.84 Å². The maximum absolute atomic E-state index is 11.5. The zero-order valence-electron chi connectivity index (χ0n) is 6.94. The summed E-state index contributed by atoms with van der Waals surface area (Å²) in [5, 5.41) is -0.613. The van der Waals surface area contributed by atoms with Gasteiger partial charge in [-0.15, -0.1) is 0 Å². The van der Waals surface area contributed by atoms with Crippen LogP contribution in [0, 0.1) is 0 Å². The predicted octanol–water partition coefficient (Wildman–Crippen LogP) is 0.179. The van der Waals surface area contributed by atoms with Crippen LogP contribution in [-0.4, -0.2) is 26.5 Å². The normalized spacial score (nSPS) is 24.0. The third-order valence-electron chi connectivity index (χ3n) is 2.10. The number of hydrogen-bond acceptors (Lipinski definition) is 4. The fraction of sp³-hybridized carbons (Fsp3) is 1.00. The zero-order valence-corrected chi connectivity index (χ0v) is 8.57. The lowest BCUT2D eigenvalue weighted by molar-refractivity contribution is 0.525. The summed E-state index contributed by atoms with van der Waals surface area (Å²) in [7, 11) is -3.48. The molecule has 6 heteroatoms. The van der Waals surface area contributed by atoms with Crippen LogP contribution >= 0.6 is 0 Å². The summed E-state index contributed by atoms with van der Waals surface area (Å²) in [6.45, 7) is 3.00. The van der Waals surface area contributed by atoms with Crippen LogP contribution in [0.4, 0.5) is 0 Å². The lowest BCUT2D eigenvalue weighted by atomic mass is 10.6. The molecule has 1 saturated carbocycles. The van der Waals surface area contributed by atoms with Gasteiger partial charge in [-0.1, -0.05) is 0 Å². The van der Waals surface area contributed by atoms with E-state index in [4.69, 9.17) is 0 Å². The highest BCUT2D eigenvalue weighted by atomic mass is 32.3. The van der Waals surface area contributed by atoms with Crippen molar-refractivity contribution in [3.63, 3.8) is 0 Å². The molecule has 1 atom stereocenters. The van der Waals surface area contributed by atoms with Crippen LogP contribution in [0.3, 0.4) is 0 Å². The molecule has 1 unspecified atom stereocenters. The molecule has 1 rings (SSSR count). The summed E-state index contributed by atoms with van der Waals surface area (Å²) in [4.78, 5) is 0. The minimum absolute atomic E-state index is 0.254. The topological polar surface area (TPSA) is 74.3 Å². The van der Waals surface area contributed by atoms with Gasteiger partial charge in [0, 0.05) is 0 Å². The quantitative estimate of drug-likeness (QED) is 0.624. The lowest BCUT2D eigenvalue weighted by Gasteiger charge is -2.21. The third-order valence-corrected chi connectivity index (χ3v) is 6.91. The van der Waals surface area contributed by atoms with E-state index in [0.717, 1.165) is 0 Å². The van der Waals surface area contributed by atoms with Crippen molar-refractivity contribution in [2.45, 2.75) is 36.0 Å². The van der Waals surface area contributed by atoms with Crippen LogP contribution in [0.5, 0.6) is 0 Å². The van der Waals surface area contributed by atoms with E-state index in [9.17, 15) is 17.2 Å². The highest BCUT2D eigenvalue weighted by Gasteiger charge is 2.56. The second-order valence-corrected chi connectivity index (χ2v) is 7.56. The van der Waals surface area contributed by atoms with Crippen molar-refractivity contribution in [1.82, 2.24) is 0 Å². The number of rotatable bonds is 3. The molecule has 0 aliphatic heterocycles. The molecule has 1 aliphatic carbocycles. The van der Waals surface area contributed by atoms with Crippen LogP contribution < -0.4 is 0 Å². The highest BCUT2D eigenvalue weighted by Crippen LogP contribution is 2.47. The Hall–Kier alpha value is 0.0600. The first-order chi connectivity index (χ1) is 5.34. The van der Waals surface area contributed by atoms with Crippen molar-refractivity contribution in [1.29, 1.82) is 0 Å². The molecule has 1 aliphatic rings. The number of sulfone groups is 1. The predicted molar refractivity (Wildman–Crippen MR) is 44.9 cm³/mol. The van der Waals surface area contributed by atoms with E-state index in [1.807, 2.05) is 0 Å². The third kappa shape index (κ3) is 1.22. The Balaban J connectivity index is 3.06. The van der Waals surface area contributed by atoms with Crippen molar-refractivity contribution in [3.05, 3.63) is 0 Å². The SMILES string of the molecule is CC(C)S(=O)(=O)C1(S(=O)[O-])CC1. The molecule has 0 heterocycles. The number of hydrogen-bond donors (Lipinski definition) is 0. The summed E-state index contributed by atoms with van der Waals surface area (Å²) >= 11 is -2.49. The first-order valence-electron chi connectivity index (χ1n) is 3.67. The summed E-state index contributed by atoms with van der Waals surface area (Å²) in [5.41, 5.74) is 0. The van der Waals surface area contributed by atoms with E-state index >= 15 is 0 Å². The van der Waals surface area contributed by atoms with Crippen LogP contribution in [0.15, 0.2) is 0 Å². The second kappa shape index (κ2) is 2.78. The first-order valence-corrected chi connectivity index (χ1v) is 6.29. The van der Waals surface area contributed by atoms with E-state index in [-0.39, 0.29) is 12.8 Å². The summed E-state index contributed by atoms with van der Waals surface area (Å²) in [5.74, 6) is 0. The molecule has 0 saturated heterocycles. The molecule has 0 radical (unpaired) electrons. The van der Waals surface area contributed by atoms with Crippen LogP contribution in [0.25, 0.3) is 0 Å². The molecule has 12 heavy (non-hydrogen) atoms. The van der Waals surface area contributed by atoms with Gasteiger partial charge in [0.05, 0.1) is 5.25 Å². The average molecular weight is 211 g/mol. The van der Waals surface area contributed by atoms with Gasteiger partial charge >= 0.3 is 0 Å². The Morgan fingerprint density at radius 1 is 1.42 bits per heavy atom. The summed E-state index contributed by atoms with van der Waals surface area (Å²) in [6.07, 6.45) is 0.507. The van der Waals surface area contributed by atoms with E-state index in [2.05, 4.69) is 0 Å². The van der Waals surface area contributed by atoms with Crippen molar-refractivity contribution in [2.24, 2.45) is 0 Å². The molecule has 4 nitrogen and oxygen atoms in total. The van der Waals surface area contributed by atoms with Gasteiger partial charge < -0.3 is 4.55 Å². The standard InChI is InChI=1S/C6H12O4S2/c1-5(2)12(9,10)6(3-4-6)11(7)8/h5H,3-4H2,1-2H3,(H,7,8)/p-1. The highest BCUT2D eigenvalue weighted by molar-refractivity contribution is 8.06. The molecule has 0 aromatic carbocycles. The minimum Gasteiger partial charge on any atom is -0.771 e. The van der Waals surface area contributed by atoms with Crippen molar-refractivity contribution >= 4 is 20.9 Å². The Morgan fingerprint density at radius 3 is 1.92 bits per heavy atom. The van der Waals surface area contributed by atoms with Crippen LogP contribution in [0.2, 0.25) is 0 Å². The second-order valence-electron chi connectivity index (χ2n) is 3.24. The smallest absolute Gasteiger partial charge is 0.168 e. The Bertz CT molecular complexity index is 300. The molecule has 72 valence electrons. The van der Waals surface area contributed by atoms with Crippen LogP contribution in [0.1, 0.15) is 26.7 Å². The largest absolute Gasteiger partial charge is 0.771 e. The monoisotopic (exact) mass is 211 g/mol. The van der Waals surface area contributed by atoms with E-state index in [1.165, 1.54) is 13.8 Å². The van der Waals surface area contributed by atoms with Crippen molar-refractivity contribution in [2.75, 3.05) is 0 Å². The maximum Gasteiger partial charge on any atom is 0.168 e. The van der Waals surface area contributed by atoms with E-state index in [1.54, 1.807) is 0 Å². The molecule has 0 spiro atoms. The molecular formula is C6H11O4S2-. The minimum atomic E-state index is -3.48. The average Bonchev–Trinajstić information content (AvgIpc) is 2.64. The molecule has 0 N–H and O–H groups in total. The van der Waals surface area contributed by atoms with Gasteiger partial charge in [0.25, 0.3) is 0 Å². The first kappa shape index (κ1) is 10.1. The fourth-order valence-electron chi connectivity index (χ4n) is 1.08. The van der Waals surface area contributed by atoms with Gasteiger partial charge in [-0.05, 0) is 37.8 Å². The maximum atomic E-state index is 11.5. The van der Waals surface area contributed by atoms with E-state index in [0.29, 0.717) is 0 Å². The van der Waals surface area contributed by atoms with E-state index < -0.39 is 30.2 Å². The molecule has 1 fully saturated rings. The van der Waals surface area contributed by atoms with Gasteiger partial charge in [-0.25, -0.2) is 8.42 Å². The van der Waals surface area contributed by atoms with Gasteiger partial charge in [0.2, 0.25) is 0 Å². The molecule has 0 amide bonds. The van der Waals surface area contributed by atoms with Crippen molar-refractivity contribution in [3.8, 4) is 0 Å². The summed E-state index contributed by atoms with van der Waals surface area (Å²) in [6, 6.07) is 0. The molecular weight excluding hydrogens is 200 g/mol. The molecule has 0 aromatic rings. The molecule has 0 bridgehead atoms. The zero-order chi connectivity index (χ0) is 9.57. The fourth-order valence-corrected chi connectivity index (χ4v) is 4.38. The van der Waals surface area contributed by atoms with Gasteiger partial charge in [-0.2, -0.15) is 0 Å². The van der Waals surface area contributed by atoms with Gasteiger partial charge in [0.1, 0.15) is 4.08 Å². The van der Waals surface area contributed by atoms with Crippen LogP contribution in [-0.2, 0) is 20.9 Å². The Morgan fingerprint density at radius 2 is 1.83 bits per heavy atom.